The Hall–Kier alpha value is -2.67. The highest BCUT2D eigenvalue weighted by Gasteiger charge is 2.22. The molecule has 7 nitrogen and oxygen atoms in total. The monoisotopic (exact) mass is 406 g/mol. The summed E-state index contributed by atoms with van der Waals surface area (Å²) < 4.78 is 8.18. The second kappa shape index (κ2) is 8.22. The van der Waals surface area contributed by atoms with Crippen LogP contribution in [0.5, 0.6) is 5.88 Å². The molecular formula is C23H30N6O. The fourth-order valence-electron chi connectivity index (χ4n) is 4.50. The van der Waals surface area contributed by atoms with E-state index in [1.54, 1.807) is 0 Å². The molecule has 3 heterocycles. The molecule has 5 rings (SSSR count). The number of aryl methyl sites for hydroxylation is 1. The Kier molecular flexibility index (Phi) is 5.29. The summed E-state index contributed by atoms with van der Waals surface area (Å²) in [6.07, 6.45) is 9.91. The summed E-state index contributed by atoms with van der Waals surface area (Å²) in [6.45, 7) is 4.17. The molecule has 1 unspecified atom stereocenters. The quantitative estimate of drug-likeness (QED) is 0.672. The van der Waals surface area contributed by atoms with Crippen molar-refractivity contribution in [2.45, 2.75) is 51.2 Å². The molecule has 1 aliphatic carbocycles. The first-order valence-corrected chi connectivity index (χ1v) is 11.1. The van der Waals surface area contributed by atoms with E-state index in [1.807, 2.05) is 24.1 Å². The van der Waals surface area contributed by atoms with E-state index in [0.717, 1.165) is 47.5 Å². The molecule has 2 fully saturated rings. The largest absolute Gasteiger partial charge is 0.472 e. The number of aromatic nitrogens is 4. The van der Waals surface area contributed by atoms with E-state index in [1.165, 1.54) is 25.7 Å². The Morgan fingerprint density at radius 3 is 2.83 bits per heavy atom. The Morgan fingerprint density at radius 2 is 2.03 bits per heavy atom. The van der Waals surface area contributed by atoms with Crippen molar-refractivity contribution in [1.82, 2.24) is 25.1 Å². The van der Waals surface area contributed by atoms with Crippen LogP contribution >= 0.6 is 0 Å². The molecule has 158 valence electrons. The average Bonchev–Trinajstić information content (AvgIpc) is 3.38. The smallest absolute Gasteiger partial charge is 0.226 e. The van der Waals surface area contributed by atoms with Gasteiger partial charge in [0.1, 0.15) is 6.10 Å². The van der Waals surface area contributed by atoms with E-state index < -0.39 is 0 Å². The molecule has 2 N–H and O–H groups in total. The van der Waals surface area contributed by atoms with E-state index in [-0.39, 0.29) is 6.10 Å². The molecule has 0 spiro atoms. The van der Waals surface area contributed by atoms with E-state index in [2.05, 4.69) is 45.8 Å². The molecule has 2 aliphatic rings. The van der Waals surface area contributed by atoms with Crippen LogP contribution in [0.4, 0.5) is 5.95 Å². The molecular weight excluding hydrogens is 376 g/mol. The minimum absolute atomic E-state index is 0.139. The SMILES string of the molecule is Cn1cc2ccc(-c3cnc(N[C@H]4CC[C@H](C)CC4)nc3OC3CCNC3)cc2n1. The molecule has 1 aromatic carbocycles. The Bertz CT molecular complexity index is 1020. The van der Waals surface area contributed by atoms with Crippen LogP contribution in [0.25, 0.3) is 22.0 Å². The van der Waals surface area contributed by atoms with Crippen LogP contribution in [-0.2, 0) is 7.05 Å². The van der Waals surface area contributed by atoms with Crippen LogP contribution in [0.1, 0.15) is 39.0 Å². The van der Waals surface area contributed by atoms with Gasteiger partial charge in [-0.25, -0.2) is 4.98 Å². The summed E-state index contributed by atoms with van der Waals surface area (Å²) in [4.78, 5) is 9.46. The maximum absolute atomic E-state index is 6.35. The lowest BCUT2D eigenvalue weighted by Gasteiger charge is -2.27. The number of hydrogen-bond donors (Lipinski definition) is 2. The van der Waals surface area contributed by atoms with Crippen molar-refractivity contribution in [3.8, 4) is 17.0 Å². The molecule has 1 atom stereocenters. The van der Waals surface area contributed by atoms with Gasteiger partial charge in [0.25, 0.3) is 0 Å². The predicted octanol–water partition coefficient (Wildman–Crippen LogP) is 3.76. The number of hydrogen-bond acceptors (Lipinski definition) is 6. The number of nitrogens with one attached hydrogen (secondary N) is 2. The van der Waals surface area contributed by atoms with Crippen LogP contribution in [0.15, 0.2) is 30.6 Å². The zero-order valence-electron chi connectivity index (χ0n) is 17.8. The van der Waals surface area contributed by atoms with Crippen molar-refractivity contribution in [1.29, 1.82) is 0 Å². The maximum Gasteiger partial charge on any atom is 0.226 e. The van der Waals surface area contributed by atoms with Crippen molar-refractivity contribution in [2.24, 2.45) is 13.0 Å². The van der Waals surface area contributed by atoms with E-state index >= 15 is 0 Å². The van der Waals surface area contributed by atoms with Crippen molar-refractivity contribution >= 4 is 16.9 Å². The fourth-order valence-corrected chi connectivity index (χ4v) is 4.50. The zero-order chi connectivity index (χ0) is 20.5. The highest BCUT2D eigenvalue weighted by molar-refractivity contribution is 5.84. The molecule has 7 heteroatoms. The van der Waals surface area contributed by atoms with E-state index in [9.17, 15) is 0 Å². The summed E-state index contributed by atoms with van der Waals surface area (Å²) in [5.74, 6) is 2.14. The standard InChI is InChI=1S/C23H30N6O/c1-15-3-7-18(8-4-15)26-23-25-13-20(22(27-23)30-19-9-10-24-12-19)16-5-6-17-14-29(2)28-21(17)11-16/h5-6,11,13-15,18-19,24H,3-4,7-10,12H2,1-2H3,(H,25,26,27)/t15-,18-,19?. The first kappa shape index (κ1) is 19.3. The van der Waals surface area contributed by atoms with Gasteiger partial charge in [-0.05, 0) is 56.2 Å². The minimum atomic E-state index is 0.139. The number of rotatable bonds is 5. The third kappa shape index (κ3) is 4.12. The van der Waals surface area contributed by atoms with Gasteiger partial charge in [0.15, 0.2) is 0 Å². The Labute approximate surface area is 177 Å². The van der Waals surface area contributed by atoms with E-state index in [4.69, 9.17) is 9.72 Å². The van der Waals surface area contributed by atoms with Gasteiger partial charge in [-0.3, -0.25) is 4.68 Å². The normalized spacial score (nSPS) is 24.3. The van der Waals surface area contributed by atoms with Gasteiger partial charge in [-0.2, -0.15) is 10.1 Å². The first-order chi connectivity index (χ1) is 14.6. The molecule has 0 amide bonds. The maximum atomic E-state index is 6.35. The lowest BCUT2D eigenvalue weighted by molar-refractivity contribution is 0.215. The van der Waals surface area contributed by atoms with Gasteiger partial charge >= 0.3 is 0 Å². The molecule has 1 aliphatic heterocycles. The van der Waals surface area contributed by atoms with Crippen LogP contribution in [0.3, 0.4) is 0 Å². The van der Waals surface area contributed by atoms with Crippen LogP contribution in [-0.4, -0.2) is 45.0 Å². The second-order valence-corrected chi connectivity index (χ2v) is 8.82. The fraction of sp³-hybridized carbons (Fsp3) is 0.522. The Balaban J connectivity index is 1.45. The lowest BCUT2D eigenvalue weighted by Crippen LogP contribution is -2.26. The summed E-state index contributed by atoms with van der Waals surface area (Å²) in [5.41, 5.74) is 2.90. The third-order valence-electron chi connectivity index (χ3n) is 6.33. The number of ether oxygens (including phenoxy) is 1. The number of nitrogens with zero attached hydrogens (tertiary/aromatic N) is 4. The lowest BCUT2D eigenvalue weighted by atomic mass is 9.87. The van der Waals surface area contributed by atoms with Crippen LogP contribution in [0, 0.1) is 5.92 Å². The third-order valence-corrected chi connectivity index (χ3v) is 6.33. The van der Waals surface area contributed by atoms with Gasteiger partial charge < -0.3 is 15.4 Å². The van der Waals surface area contributed by atoms with Gasteiger partial charge in [0, 0.05) is 37.4 Å². The molecule has 0 radical (unpaired) electrons. The minimum Gasteiger partial charge on any atom is -0.472 e. The number of benzene rings is 1. The van der Waals surface area contributed by atoms with Crippen molar-refractivity contribution in [3.63, 3.8) is 0 Å². The second-order valence-electron chi connectivity index (χ2n) is 8.82. The van der Waals surface area contributed by atoms with Crippen molar-refractivity contribution in [2.75, 3.05) is 18.4 Å². The highest BCUT2D eigenvalue weighted by atomic mass is 16.5. The van der Waals surface area contributed by atoms with Gasteiger partial charge in [-0.1, -0.05) is 19.1 Å². The summed E-state index contributed by atoms with van der Waals surface area (Å²) in [5, 5.41) is 12.6. The topological polar surface area (TPSA) is 76.9 Å². The van der Waals surface area contributed by atoms with Crippen LogP contribution < -0.4 is 15.4 Å². The summed E-state index contributed by atoms with van der Waals surface area (Å²) in [7, 11) is 1.94. The number of fused-ring (bicyclic) bond motifs is 1. The van der Waals surface area contributed by atoms with Gasteiger partial charge in [-0.15, -0.1) is 0 Å². The zero-order valence-corrected chi connectivity index (χ0v) is 17.8. The first-order valence-electron chi connectivity index (χ1n) is 11.1. The van der Waals surface area contributed by atoms with Crippen molar-refractivity contribution in [3.05, 3.63) is 30.6 Å². The van der Waals surface area contributed by atoms with Gasteiger partial charge in [0.05, 0.1) is 11.1 Å². The average molecular weight is 407 g/mol. The summed E-state index contributed by atoms with van der Waals surface area (Å²) in [6, 6.07) is 6.72. The van der Waals surface area contributed by atoms with Crippen LogP contribution in [0.2, 0.25) is 0 Å². The van der Waals surface area contributed by atoms with Gasteiger partial charge in [0.2, 0.25) is 11.8 Å². The predicted molar refractivity (Wildman–Crippen MR) is 119 cm³/mol. The molecule has 0 bridgehead atoms. The molecule has 30 heavy (non-hydrogen) atoms. The molecule has 1 saturated heterocycles. The van der Waals surface area contributed by atoms with E-state index in [0.29, 0.717) is 17.9 Å². The molecule has 1 saturated carbocycles. The van der Waals surface area contributed by atoms with Crippen molar-refractivity contribution < 1.29 is 4.74 Å². The highest BCUT2D eigenvalue weighted by Crippen LogP contribution is 2.32. The summed E-state index contributed by atoms with van der Waals surface area (Å²) >= 11 is 0. The molecule has 2 aromatic heterocycles. The molecule has 3 aromatic rings. The number of anilines is 1. The Morgan fingerprint density at radius 1 is 1.17 bits per heavy atom.